The van der Waals surface area contributed by atoms with Gasteiger partial charge in [-0.3, -0.25) is 9.69 Å². The van der Waals surface area contributed by atoms with E-state index in [4.69, 9.17) is 16.7 Å². The Kier molecular flexibility index (Phi) is 5.95. The number of nitrogens with zero attached hydrogens (tertiary/aromatic N) is 7. The summed E-state index contributed by atoms with van der Waals surface area (Å²) in [5, 5.41) is 21.0. The van der Waals surface area contributed by atoms with Crippen LogP contribution in [0.15, 0.2) is 65.7 Å². The van der Waals surface area contributed by atoms with Gasteiger partial charge in [-0.1, -0.05) is 11.6 Å². The predicted octanol–water partition coefficient (Wildman–Crippen LogP) is 4.32. The number of aryl methyl sites for hydroxylation is 1. The number of halogens is 2. The van der Waals surface area contributed by atoms with E-state index >= 15 is 4.39 Å². The minimum Gasteiger partial charge on any atom is -0.465 e. The first-order chi connectivity index (χ1) is 18.8. The average Bonchev–Trinajstić information content (AvgIpc) is 3.68. The summed E-state index contributed by atoms with van der Waals surface area (Å²) in [6, 6.07) is 14.6. The molecular formula is C26H20ClFN8O3. The number of hydrogen-bond acceptors (Lipinski definition) is 6. The van der Waals surface area contributed by atoms with E-state index in [0.29, 0.717) is 45.9 Å². The molecule has 0 saturated carbocycles. The second kappa shape index (κ2) is 9.48. The number of carboxylic acid groups (broad SMARTS) is 1. The molecule has 2 N–H and O–H groups in total. The molecule has 3 aromatic heterocycles. The molecule has 0 unspecified atom stereocenters. The first-order valence-corrected chi connectivity index (χ1v) is 12.3. The van der Waals surface area contributed by atoms with Crippen molar-refractivity contribution in [3.8, 4) is 28.2 Å². The van der Waals surface area contributed by atoms with E-state index in [1.807, 2.05) is 6.07 Å². The van der Waals surface area contributed by atoms with Crippen LogP contribution in [0.2, 0.25) is 5.02 Å². The highest BCUT2D eigenvalue weighted by Gasteiger charge is 2.30. The Labute approximate surface area is 225 Å². The molecule has 1 aliphatic heterocycles. The monoisotopic (exact) mass is 546 g/mol. The van der Waals surface area contributed by atoms with Crippen LogP contribution in [0.5, 0.6) is 0 Å². The lowest BCUT2D eigenvalue weighted by Crippen LogP contribution is -2.24. The molecule has 0 saturated heterocycles. The fourth-order valence-electron chi connectivity index (χ4n) is 4.91. The minimum atomic E-state index is -1.09. The summed E-state index contributed by atoms with van der Waals surface area (Å²) in [7, 11) is 1.43. The number of aromatic nitrogens is 7. The van der Waals surface area contributed by atoms with Crippen molar-refractivity contribution in [3.63, 3.8) is 0 Å². The Morgan fingerprint density at radius 1 is 1.15 bits per heavy atom. The summed E-state index contributed by atoms with van der Waals surface area (Å²) in [6.07, 6.45) is 1.43. The van der Waals surface area contributed by atoms with Gasteiger partial charge in [-0.2, -0.15) is 9.07 Å². The summed E-state index contributed by atoms with van der Waals surface area (Å²) < 4.78 is 18.2. The molecule has 13 heteroatoms. The summed E-state index contributed by atoms with van der Waals surface area (Å²) in [4.78, 5) is 32.7. The average molecular weight is 547 g/mol. The number of pyridine rings is 1. The Morgan fingerprint density at radius 2 is 1.95 bits per heavy atom. The molecule has 2 aromatic carbocycles. The summed E-state index contributed by atoms with van der Waals surface area (Å²) in [5.41, 5.74) is 3.72. The molecule has 0 radical (unpaired) electrons. The van der Waals surface area contributed by atoms with E-state index < -0.39 is 18.1 Å². The molecule has 6 rings (SSSR count). The van der Waals surface area contributed by atoms with Crippen LogP contribution in [-0.2, 0) is 6.42 Å². The van der Waals surface area contributed by atoms with Gasteiger partial charge in [-0.25, -0.2) is 9.78 Å². The van der Waals surface area contributed by atoms with Crippen molar-refractivity contribution in [2.75, 3.05) is 11.9 Å². The van der Waals surface area contributed by atoms with Gasteiger partial charge < -0.3 is 14.7 Å². The third-order valence-corrected chi connectivity index (χ3v) is 7.07. The minimum absolute atomic E-state index is 0.211. The number of amides is 1. The number of carbonyl (C=O) groups is 1. The summed E-state index contributed by atoms with van der Waals surface area (Å²) in [6.45, 7) is 0. The molecular weight excluding hydrogens is 527 g/mol. The van der Waals surface area contributed by atoms with E-state index in [9.17, 15) is 9.59 Å². The molecule has 1 atom stereocenters. The zero-order valence-electron chi connectivity index (χ0n) is 20.4. The maximum atomic E-state index is 15.1. The molecule has 11 nitrogen and oxygen atoms in total. The SMILES string of the molecule is CN(C(=O)O)c1ccc(-c2nc(F)c([C@@H]3CCc4cc(-c5cc(Cl)ccc5-n5cnnn5)cc(=O)n43)[nH]2)cc1. The van der Waals surface area contributed by atoms with Crippen LogP contribution in [0.4, 0.5) is 14.9 Å². The van der Waals surface area contributed by atoms with Gasteiger partial charge in [0.25, 0.3) is 5.56 Å². The largest absolute Gasteiger partial charge is 0.465 e. The number of fused-ring (bicyclic) bond motifs is 1. The number of benzene rings is 2. The highest BCUT2D eigenvalue weighted by atomic mass is 35.5. The Morgan fingerprint density at radius 3 is 2.67 bits per heavy atom. The lowest BCUT2D eigenvalue weighted by Gasteiger charge is -2.15. The highest BCUT2D eigenvalue weighted by molar-refractivity contribution is 6.31. The van der Waals surface area contributed by atoms with Gasteiger partial charge in [0.05, 0.1) is 17.4 Å². The first kappa shape index (κ1) is 24.5. The van der Waals surface area contributed by atoms with Crippen molar-refractivity contribution in [2.45, 2.75) is 18.9 Å². The zero-order chi connectivity index (χ0) is 27.3. The van der Waals surface area contributed by atoms with Crippen LogP contribution in [0.3, 0.4) is 0 Å². The van der Waals surface area contributed by atoms with Crippen LogP contribution in [0, 0.1) is 5.95 Å². The number of H-pyrrole nitrogens is 1. The zero-order valence-corrected chi connectivity index (χ0v) is 21.2. The van der Waals surface area contributed by atoms with Crippen LogP contribution in [0.25, 0.3) is 28.2 Å². The number of nitrogens with one attached hydrogen (secondary N) is 1. The molecule has 4 heterocycles. The van der Waals surface area contributed by atoms with Gasteiger partial charge in [0.15, 0.2) is 0 Å². The number of tetrazole rings is 1. The maximum Gasteiger partial charge on any atom is 0.411 e. The van der Waals surface area contributed by atoms with Gasteiger partial charge in [-0.05, 0) is 77.4 Å². The van der Waals surface area contributed by atoms with Gasteiger partial charge in [-0.15, -0.1) is 5.10 Å². The van der Waals surface area contributed by atoms with Crippen molar-refractivity contribution >= 4 is 23.4 Å². The molecule has 5 aromatic rings. The van der Waals surface area contributed by atoms with Crippen molar-refractivity contribution in [3.05, 3.63) is 93.6 Å². The molecule has 0 fully saturated rings. The number of anilines is 1. The molecule has 1 aliphatic rings. The van der Waals surface area contributed by atoms with Gasteiger partial charge in [0.2, 0.25) is 5.95 Å². The predicted molar refractivity (Wildman–Crippen MR) is 141 cm³/mol. The van der Waals surface area contributed by atoms with Crippen LogP contribution in [0.1, 0.15) is 23.9 Å². The topological polar surface area (TPSA) is 135 Å². The van der Waals surface area contributed by atoms with Gasteiger partial charge in [0, 0.05) is 40.6 Å². The molecule has 0 spiro atoms. The van der Waals surface area contributed by atoms with E-state index in [1.54, 1.807) is 47.0 Å². The summed E-state index contributed by atoms with van der Waals surface area (Å²) >= 11 is 6.27. The van der Waals surface area contributed by atoms with Gasteiger partial charge in [0.1, 0.15) is 12.2 Å². The van der Waals surface area contributed by atoms with Crippen molar-refractivity contribution < 1.29 is 14.3 Å². The highest BCUT2D eigenvalue weighted by Crippen LogP contribution is 2.35. The smallest absolute Gasteiger partial charge is 0.411 e. The second-order valence-corrected chi connectivity index (χ2v) is 9.53. The van der Waals surface area contributed by atoms with E-state index in [1.165, 1.54) is 24.1 Å². The van der Waals surface area contributed by atoms with Crippen molar-refractivity contribution in [1.29, 1.82) is 0 Å². The lowest BCUT2D eigenvalue weighted by molar-refractivity contribution is 0.203. The van der Waals surface area contributed by atoms with E-state index in [-0.39, 0.29) is 17.1 Å². The van der Waals surface area contributed by atoms with E-state index in [2.05, 4.69) is 25.5 Å². The van der Waals surface area contributed by atoms with E-state index in [0.717, 1.165) is 10.6 Å². The van der Waals surface area contributed by atoms with Crippen LogP contribution in [-0.4, -0.2) is 53.0 Å². The maximum absolute atomic E-state index is 15.1. The van der Waals surface area contributed by atoms with Gasteiger partial charge >= 0.3 is 6.09 Å². The molecule has 196 valence electrons. The number of hydrogen-bond donors (Lipinski definition) is 2. The van der Waals surface area contributed by atoms with Crippen molar-refractivity contribution in [1.82, 2.24) is 34.7 Å². The third-order valence-electron chi connectivity index (χ3n) is 6.83. The third kappa shape index (κ3) is 4.34. The normalized spacial score (nSPS) is 14.4. The van der Waals surface area contributed by atoms with Crippen LogP contribution < -0.4 is 10.5 Å². The Balaban J connectivity index is 1.35. The lowest BCUT2D eigenvalue weighted by atomic mass is 10.0. The molecule has 39 heavy (non-hydrogen) atoms. The quantitative estimate of drug-likeness (QED) is 0.335. The first-order valence-electron chi connectivity index (χ1n) is 11.9. The van der Waals surface area contributed by atoms with Crippen molar-refractivity contribution in [2.24, 2.45) is 0 Å². The standard InChI is InChI=1S/C26H20ClFN8O3/c1-34(26(38)39)17-5-2-14(3-6-17)25-30-23(24(28)31-25)21-9-7-18-10-15(11-22(37)36(18)21)19-12-16(27)4-8-20(19)35-13-29-32-33-35/h2-6,8,10-13,21H,7,9H2,1H3,(H,30,31)(H,38,39)/t21-/m0/s1. The number of imidazole rings is 1. The Hall–Kier alpha value is -4.84. The Bertz CT molecular complexity index is 1770. The second-order valence-electron chi connectivity index (χ2n) is 9.09. The fraction of sp³-hybridized carbons (Fsp3) is 0.154. The van der Waals surface area contributed by atoms with Crippen LogP contribution >= 0.6 is 11.6 Å². The summed E-state index contributed by atoms with van der Waals surface area (Å²) in [5.74, 6) is -0.406. The molecule has 1 amide bonds. The molecule has 0 aliphatic carbocycles. The molecule has 0 bridgehead atoms. The fourth-order valence-corrected chi connectivity index (χ4v) is 5.08. The number of rotatable bonds is 5. The number of aromatic amines is 1.